The molecule has 5 heteroatoms. The molecule has 0 saturated heterocycles. The third-order valence-electron chi connectivity index (χ3n) is 2.48. The van der Waals surface area contributed by atoms with Crippen LogP contribution in [0.1, 0.15) is 25.8 Å². The largest absolute Gasteiger partial charge is 0.389 e. The molecule has 0 radical (unpaired) electrons. The van der Waals surface area contributed by atoms with Gasteiger partial charge in [0.2, 0.25) is 0 Å². The summed E-state index contributed by atoms with van der Waals surface area (Å²) < 4.78 is 5.51. The van der Waals surface area contributed by atoms with E-state index in [1.54, 1.807) is 0 Å². The van der Waals surface area contributed by atoms with Gasteiger partial charge in [-0.1, -0.05) is 37.7 Å². The standard InChI is InChI=1S/C14H21ClN2OS/c1-10(2)9-18-7-3-6-17-11-4-5-12(14(16)19)13(15)8-11/h4-5,8,10,17H,3,6-7,9H2,1-2H3,(H2,16,19). The van der Waals surface area contributed by atoms with E-state index in [0.29, 0.717) is 21.5 Å². The van der Waals surface area contributed by atoms with Crippen LogP contribution in [0.25, 0.3) is 0 Å². The van der Waals surface area contributed by atoms with E-state index in [0.717, 1.165) is 31.9 Å². The van der Waals surface area contributed by atoms with Crippen LogP contribution in [-0.4, -0.2) is 24.7 Å². The molecule has 0 saturated carbocycles. The molecule has 106 valence electrons. The summed E-state index contributed by atoms with van der Waals surface area (Å²) in [4.78, 5) is 0.318. The molecule has 0 aliphatic carbocycles. The molecule has 0 aliphatic rings. The van der Waals surface area contributed by atoms with Crippen LogP contribution in [0, 0.1) is 5.92 Å². The Kier molecular flexibility index (Phi) is 7.13. The second-order valence-electron chi connectivity index (χ2n) is 4.81. The lowest BCUT2D eigenvalue weighted by molar-refractivity contribution is 0.110. The summed E-state index contributed by atoms with van der Waals surface area (Å²) in [6.07, 6.45) is 0.960. The zero-order valence-electron chi connectivity index (χ0n) is 11.4. The Labute approximate surface area is 125 Å². The first-order chi connectivity index (χ1) is 9.00. The number of nitrogens with two attached hydrogens (primary N) is 1. The van der Waals surface area contributed by atoms with Crippen molar-refractivity contribution >= 4 is 34.5 Å². The third kappa shape index (κ3) is 6.23. The SMILES string of the molecule is CC(C)COCCCNc1ccc(C(N)=S)c(Cl)c1. The molecular formula is C14H21ClN2OS. The van der Waals surface area contributed by atoms with Gasteiger partial charge in [0.15, 0.2) is 0 Å². The van der Waals surface area contributed by atoms with E-state index in [4.69, 9.17) is 34.3 Å². The molecule has 0 unspecified atom stereocenters. The molecular weight excluding hydrogens is 280 g/mol. The Morgan fingerprint density at radius 2 is 2.21 bits per heavy atom. The van der Waals surface area contributed by atoms with E-state index in [9.17, 15) is 0 Å². The van der Waals surface area contributed by atoms with Crippen molar-refractivity contribution < 1.29 is 4.74 Å². The van der Waals surface area contributed by atoms with Crippen molar-refractivity contribution in [3.05, 3.63) is 28.8 Å². The Morgan fingerprint density at radius 1 is 1.47 bits per heavy atom. The fourth-order valence-corrected chi connectivity index (χ4v) is 2.07. The summed E-state index contributed by atoms with van der Waals surface area (Å²) in [7, 11) is 0. The smallest absolute Gasteiger partial charge is 0.105 e. The van der Waals surface area contributed by atoms with Crippen molar-refractivity contribution in [1.82, 2.24) is 0 Å². The summed E-state index contributed by atoms with van der Waals surface area (Å²) in [5.74, 6) is 0.583. The van der Waals surface area contributed by atoms with Crippen LogP contribution in [0.5, 0.6) is 0 Å². The summed E-state index contributed by atoms with van der Waals surface area (Å²) in [5.41, 5.74) is 7.23. The molecule has 1 rings (SSSR count). The minimum atomic E-state index is 0.318. The van der Waals surface area contributed by atoms with Crippen LogP contribution in [0.2, 0.25) is 5.02 Å². The lowest BCUT2D eigenvalue weighted by Gasteiger charge is -2.10. The third-order valence-corrected chi connectivity index (χ3v) is 3.01. The first-order valence-corrected chi connectivity index (χ1v) is 7.20. The van der Waals surface area contributed by atoms with Gasteiger partial charge in [0.05, 0.1) is 5.02 Å². The number of halogens is 1. The second kappa shape index (κ2) is 8.35. The normalized spacial score (nSPS) is 10.7. The van der Waals surface area contributed by atoms with Gasteiger partial charge in [-0.25, -0.2) is 0 Å². The summed E-state index contributed by atoms with van der Waals surface area (Å²) in [6, 6.07) is 5.60. The van der Waals surface area contributed by atoms with Gasteiger partial charge >= 0.3 is 0 Å². The van der Waals surface area contributed by atoms with Crippen LogP contribution < -0.4 is 11.1 Å². The summed E-state index contributed by atoms with van der Waals surface area (Å²) in [5, 5.41) is 3.87. The molecule has 0 aromatic heterocycles. The molecule has 0 heterocycles. The van der Waals surface area contributed by atoms with E-state index in [2.05, 4.69) is 19.2 Å². The molecule has 0 amide bonds. The van der Waals surface area contributed by atoms with Crippen LogP contribution >= 0.6 is 23.8 Å². The van der Waals surface area contributed by atoms with E-state index in [1.807, 2.05) is 18.2 Å². The molecule has 0 bridgehead atoms. The van der Waals surface area contributed by atoms with Gasteiger partial charge in [0.1, 0.15) is 4.99 Å². The topological polar surface area (TPSA) is 47.3 Å². The molecule has 0 atom stereocenters. The van der Waals surface area contributed by atoms with E-state index in [-0.39, 0.29) is 0 Å². The van der Waals surface area contributed by atoms with Gasteiger partial charge in [0, 0.05) is 31.0 Å². The van der Waals surface area contributed by atoms with Crippen molar-refractivity contribution in [2.75, 3.05) is 25.1 Å². The number of nitrogens with one attached hydrogen (secondary N) is 1. The maximum absolute atomic E-state index is 6.09. The van der Waals surface area contributed by atoms with Crippen molar-refractivity contribution in [2.45, 2.75) is 20.3 Å². The van der Waals surface area contributed by atoms with Crippen molar-refractivity contribution in [1.29, 1.82) is 0 Å². The van der Waals surface area contributed by atoms with Crippen molar-refractivity contribution in [3.63, 3.8) is 0 Å². The highest BCUT2D eigenvalue weighted by molar-refractivity contribution is 7.80. The fraction of sp³-hybridized carbons (Fsp3) is 0.500. The number of thiocarbonyl (C=S) groups is 1. The van der Waals surface area contributed by atoms with Crippen molar-refractivity contribution in [2.24, 2.45) is 11.7 Å². The van der Waals surface area contributed by atoms with Gasteiger partial charge in [-0.3, -0.25) is 0 Å². The molecule has 3 nitrogen and oxygen atoms in total. The van der Waals surface area contributed by atoms with E-state index >= 15 is 0 Å². The quantitative estimate of drug-likeness (QED) is 0.570. The monoisotopic (exact) mass is 300 g/mol. The number of hydrogen-bond donors (Lipinski definition) is 2. The molecule has 3 N–H and O–H groups in total. The average Bonchev–Trinajstić information content (AvgIpc) is 2.32. The molecule has 0 fully saturated rings. The predicted octanol–water partition coefficient (Wildman–Crippen LogP) is 3.45. The number of anilines is 1. The minimum absolute atomic E-state index is 0.318. The lowest BCUT2D eigenvalue weighted by Crippen LogP contribution is -2.11. The number of benzene rings is 1. The molecule has 0 aliphatic heterocycles. The first-order valence-electron chi connectivity index (χ1n) is 6.41. The summed E-state index contributed by atoms with van der Waals surface area (Å²) >= 11 is 11.0. The highest BCUT2D eigenvalue weighted by Gasteiger charge is 2.03. The number of ether oxygens (including phenoxy) is 1. The molecule has 1 aromatic carbocycles. The Morgan fingerprint density at radius 3 is 2.79 bits per heavy atom. The molecule has 19 heavy (non-hydrogen) atoms. The maximum Gasteiger partial charge on any atom is 0.105 e. The second-order valence-corrected chi connectivity index (χ2v) is 5.65. The maximum atomic E-state index is 6.09. The predicted molar refractivity (Wildman–Crippen MR) is 86.1 cm³/mol. The number of hydrogen-bond acceptors (Lipinski definition) is 3. The fourth-order valence-electron chi connectivity index (χ4n) is 1.55. The zero-order valence-corrected chi connectivity index (χ0v) is 13.0. The first kappa shape index (κ1) is 16.2. The van der Waals surface area contributed by atoms with Gasteiger partial charge in [-0.2, -0.15) is 0 Å². The minimum Gasteiger partial charge on any atom is -0.389 e. The molecule has 0 spiro atoms. The molecule has 1 aromatic rings. The van der Waals surface area contributed by atoms with Gasteiger partial charge in [-0.15, -0.1) is 0 Å². The Hall–Kier alpha value is -0.840. The van der Waals surface area contributed by atoms with E-state index < -0.39 is 0 Å². The van der Waals surface area contributed by atoms with Gasteiger partial charge < -0.3 is 15.8 Å². The zero-order chi connectivity index (χ0) is 14.3. The average molecular weight is 301 g/mol. The number of rotatable bonds is 8. The highest BCUT2D eigenvalue weighted by atomic mass is 35.5. The van der Waals surface area contributed by atoms with Crippen LogP contribution in [0.4, 0.5) is 5.69 Å². The van der Waals surface area contributed by atoms with Crippen LogP contribution in [0.15, 0.2) is 18.2 Å². The summed E-state index contributed by atoms with van der Waals surface area (Å²) in [6.45, 7) is 6.71. The highest BCUT2D eigenvalue weighted by Crippen LogP contribution is 2.20. The van der Waals surface area contributed by atoms with Gasteiger partial charge in [0.25, 0.3) is 0 Å². The Bertz CT molecular complexity index is 424. The van der Waals surface area contributed by atoms with E-state index in [1.165, 1.54) is 0 Å². The van der Waals surface area contributed by atoms with Crippen LogP contribution in [0.3, 0.4) is 0 Å². The Balaban J connectivity index is 2.30. The van der Waals surface area contributed by atoms with Crippen LogP contribution in [-0.2, 0) is 4.74 Å². The lowest BCUT2D eigenvalue weighted by atomic mass is 10.2. The van der Waals surface area contributed by atoms with Gasteiger partial charge in [-0.05, 0) is 30.5 Å². The van der Waals surface area contributed by atoms with Crippen molar-refractivity contribution in [3.8, 4) is 0 Å².